The number of unbranched alkanes of at least 4 members (excludes halogenated alkanes) is 3. The minimum atomic E-state index is -0.598. The highest BCUT2D eigenvalue weighted by atomic mass is 79.9. The van der Waals surface area contributed by atoms with Crippen LogP contribution < -0.4 is 10.7 Å². The van der Waals surface area contributed by atoms with E-state index in [1.165, 1.54) is 11.1 Å². The van der Waals surface area contributed by atoms with Crippen molar-refractivity contribution in [3.8, 4) is 5.75 Å². The topological polar surface area (TPSA) is 110 Å². The van der Waals surface area contributed by atoms with Gasteiger partial charge in [0.1, 0.15) is 5.75 Å². The van der Waals surface area contributed by atoms with Gasteiger partial charge in [-0.3, -0.25) is 10.1 Å². The maximum Gasteiger partial charge on any atom is 0.325 e. The van der Waals surface area contributed by atoms with Crippen LogP contribution in [0.4, 0.5) is 4.79 Å². The van der Waals surface area contributed by atoms with Gasteiger partial charge in [-0.1, -0.05) is 42.1 Å². The summed E-state index contributed by atoms with van der Waals surface area (Å²) >= 11 is 3.36. The van der Waals surface area contributed by atoms with E-state index >= 15 is 0 Å². The van der Waals surface area contributed by atoms with Crippen LogP contribution in [0.1, 0.15) is 38.2 Å². The predicted octanol–water partition coefficient (Wildman–Crippen LogP) is 2.21. The van der Waals surface area contributed by atoms with Crippen LogP contribution in [0.25, 0.3) is 0 Å². The van der Waals surface area contributed by atoms with Crippen LogP contribution >= 0.6 is 15.9 Å². The molecule has 3 N–H and O–H groups in total. The molecule has 2 atom stereocenters. The summed E-state index contributed by atoms with van der Waals surface area (Å²) in [6.45, 7) is 2.77. The van der Waals surface area contributed by atoms with Crippen molar-refractivity contribution in [3.05, 3.63) is 28.2 Å². The molecule has 9 nitrogen and oxygen atoms in total. The van der Waals surface area contributed by atoms with Crippen molar-refractivity contribution in [1.82, 2.24) is 20.5 Å². The molecule has 2 heterocycles. The maximum atomic E-state index is 12.5. The van der Waals surface area contributed by atoms with Gasteiger partial charge < -0.3 is 14.9 Å². The average molecular weight is 465 g/mol. The molecule has 2 aliphatic rings. The molecule has 2 aliphatic heterocycles. The molecule has 1 aromatic carbocycles. The maximum absolute atomic E-state index is 12.5. The molecular weight excluding hydrogens is 440 g/mol. The first-order chi connectivity index (χ1) is 13.9. The van der Waals surface area contributed by atoms with Crippen LogP contribution in [0.2, 0.25) is 0 Å². The van der Waals surface area contributed by atoms with E-state index in [-0.39, 0.29) is 11.7 Å². The Hall–Kier alpha value is -2.62. The number of phenolic OH excluding ortho intramolecular Hbond substituents is 1. The van der Waals surface area contributed by atoms with Crippen LogP contribution in [-0.2, 0) is 4.79 Å². The lowest BCUT2D eigenvalue weighted by Crippen LogP contribution is -2.64. The zero-order valence-electron chi connectivity index (χ0n) is 16.4. The molecule has 0 aliphatic carbocycles. The Balaban J connectivity index is 1.77. The van der Waals surface area contributed by atoms with Gasteiger partial charge in [0.05, 0.1) is 6.21 Å². The van der Waals surface area contributed by atoms with Gasteiger partial charge in [-0.05, 0) is 24.6 Å². The van der Waals surface area contributed by atoms with Gasteiger partial charge in [0, 0.05) is 23.6 Å². The van der Waals surface area contributed by atoms with Crippen molar-refractivity contribution in [2.24, 2.45) is 10.1 Å². The first kappa shape index (κ1) is 21.1. The van der Waals surface area contributed by atoms with Crippen molar-refractivity contribution in [2.75, 3.05) is 13.6 Å². The number of carbonyl (C=O) groups is 2. The van der Waals surface area contributed by atoms with Crippen molar-refractivity contribution in [2.45, 2.75) is 44.8 Å². The Morgan fingerprint density at radius 1 is 1.34 bits per heavy atom. The first-order valence-corrected chi connectivity index (χ1v) is 10.4. The number of nitrogens with one attached hydrogen (secondary N) is 2. The fourth-order valence-electron chi connectivity index (χ4n) is 3.36. The second kappa shape index (κ2) is 9.25. The molecule has 0 saturated carbocycles. The number of aromatic hydroxyl groups is 1. The van der Waals surface area contributed by atoms with Gasteiger partial charge in [-0.25, -0.2) is 15.2 Å². The summed E-state index contributed by atoms with van der Waals surface area (Å²) in [5.74, 6) is 0.170. The minimum absolute atomic E-state index is 0.0990. The number of halogens is 1. The summed E-state index contributed by atoms with van der Waals surface area (Å²) < 4.78 is 0.815. The quantitative estimate of drug-likeness (QED) is 0.325. The van der Waals surface area contributed by atoms with Crippen LogP contribution in [0, 0.1) is 0 Å². The number of carbonyl (C=O) groups excluding carboxylic acids is 2. The number of aliphatic imine (C=N–C) groups is 1. The number of amides is 3. The van der Waals surface area contributed by atoms with Gasteiger partial charge in [-0.15, -0.1) is 0 Å². The van der Waals surface area contributed by atoms with E-state index in [1.807, 2.05) is 4.90 Å². The molecule has 1 fully saturated rings. The normalized spacial score (nSPS) is 21.4. The van der Waals surface area contributed by atoms with E-state index in [2.05, 4.69) is 43.7 Å². The van der Waals surface area contributed by atoms with Crippen molar-refractivity contribution < 1.29 is 14.7 Å². The van der Waals surface area contributed by atoms with E-state index in [0.29, 0.717) is 18.1 Å². The standard InChI is InChI=1S/C19H25BrN6O3/c1-3-4-5-6-9-26-15-16(25(2)19(29)23-17(15)28)22-18(26)24-21-11-12-10-13(20)7-8-14(12)27/h7-8,10-11,15-16,27H,3-6,9H2,1-2H3,(H,22,24)(H,23,28,29)/b21-11-. The zero-order chi connectivity index (χ0) is 21.0. The Morgan fingerprint density at radius 3 is 2.90 bits per heavy atom. The molecule has 10 heteroatoms. The smallest absolute Gasteiger partial charge is 0.325 e. The first-order valence-electron chi connectivity index (χ1n) is 9.62. The largest absolute Gasteiger partial charge is 0.507 e. The van der Waals surface area contributed by atoms with E-state index in [4.69, 9.17) is 0 Å². The summed E-state index contributed by atoms with van der Waals surface area (Å²) in [6, 6.07) is 3.98. The molecule has 156 valence electrons. The van der Waals surface area contributed by atoms with Crippen molar-refractivity contribution in [1.29, 1.82) is 0 Å². The number of hydrazone groups is 1. The zero-order valence-corrected chi connectivity index (χ0v) is 18.0. The van der Waals surface area contributed by atoms with Crippen LogP contribution in [0.5, 0.6) is 5.75 Å². The Kier molecular flexibility index (Phi) is 6.73. The monoisotopic (exact) mass is 464 g/mol. The van der Waals surface area contributed by atoms with Crippen LogP contribution in [0.15, 0.2) is 32.8 Å². The van der Waals surface area contributed by atoms with Gasteiger partial charge in [-0.2, -0.15) is 5.10 Å². The number of likely N-dealkylation sites (N-methyl/N-ethyl adjacent to an activating group) is 1. The number of phenols is 1. The molecule has 0 bridgehead atoms. The molecule has 0 aromatic heterocycles. The fraction of sp³-hybridized carbons (Fsp3) is 0.474. The molecule has 0 spiro atoms. The number of hydrogen-bond donors (Lipinski definition) is 3. The molecular formula is C19H25BrN6O3. The Morgan fingerprint density at radius 2 is 2.14 bits per heavy atom. The number of urea groups is 1. The third-order valence-electron chi connectivity index (χ3n) is 4.97. The van der Waals surface area contributed by atoms with E-state index in [1.54, 1.807) is 25.2 Å². The third kappa shape index (κ3) is 4.69. The SMILES string of the molecule is CCCCCCN1C(N/N=C\c2cc(Br)ccc2O)=NC2C1C(=O)NC(=O)N2C. The number of rotatable bonds is 7. The van der Waals surface area contributed by atoms with Crippen LogP contribution in [0.3, 0.4) is 0 Å². The van der Waals surface area contributed by atoms with E-state index in [9.17, 15) is 14.7 Å². The summed E-state index contributed by atoms with van der Waals surface area (Å²) in [5.41, 5.74) is 3.41. The highest BCUT2D eigenvalue weighted by Crippen LogP contribution is 2.24. The third-order valence-corrected chi connectivity index (χ3v) is 5.46. The fourth-order valence-corrected chi connectivity index (χ4v) is 3.74. The molecule has 0 radical (unpaired) electrons. The number of benzene rings is 1. The van der Waals surface area contributed by atoms with Gasteiger partial charge in [0.15, 0.2) is 12.2 Å². The molecule has 3 amide bonds. The molecule has 3 rings (SSSR count). The lowest BCUT2D eigenvalue weighted by atomic mass is 10.1. The highest BCUT2D eigenvalue weighted by Gasteiger charge is 2.48. The second-order valence-electron chi connectivity index (χ2n) is 7.04. The van der Waals surface area contributed by atoms with Gasteiger partial charge in [0.25, 0.3) is 5.91 Å². The van der Waals surface area contributed by atoms with E-state index < -0.39 is 18.2 Å². The molecule has 29 heavy (non-hydrogen) atoms. The van der Waals surface area contributed by atoms with Gasteiger partial charge in [0.2, 0.25) is 5.96 Å². The average Bonchev–Trinajstić information content (AvgIpc) is 3.05. The lowest BCUT2D eigenvalue weighted by Gasteiger charge is -2.36. The summed E-state index contributed by atoms with van der Waals surface area (Å²) in [4.78, 5) is 32.2. The van der Waals surface area contributed by atoms with E-state index in [0.717, 1.165) is 30.2 Å². The highest BCUT2D eigenvalue weighted by molar-refractivity contribution is 9.10. The van der Waals surface area contributed by atoms with Crippen molar-refractivity contribution in [3.63, 3.8) is 0 Å². The number of hydrogen-bond acceptors (Lipinski definition) is 7. The lowest BCUT2D eigenvalue weighted by molar-refractivity contribution is -0.127. The van der Waals surface area contributed by atoms with Crippen molar-refractivity contribution >= 4 is 40.0 Å². The number of guanidine groups is 1. The minimum Gasteiger partial charge on any atom is -0.507 e. The predicted molar refractivity (Wildman–Crippen MR) is 114 cm³/mol. The van der Waals surface area contributed by atoms with Gasteiger partial charge >= 0.3 is 6.03 Å². The molecule has 2 unspecified atom stereocenters. The summed E-state index contributed by atoms with van der Waals surface area (Å²) in [6.07, 6.45) is 5.06. The summed E-state index contributed by atoms with van der Waals surface area (Å²) in [7, 11) is 1.62. The number of imide groups is 1. The molecule has 1 saturated heterocycles. The number of nitrogens with zero attached hydrogens (tertiary/aromatic N) is 4. The summed E-state index contributed by atoms with van der Waals surface area (Å²) in [5, 5.41) is 16.5. The number of fused-ring (bicyclic) bond motifs is 1. The molecule has 1 aromatic rings. The van der Waals surface area contributed by atoms with Crippen LogP contribution in [-0.4, -0.2) is 64.8 Å². The Bertz CT molecular complexity index is 843. The second-order valence-corrected chi connectivity index (χ2v) is 7.96. The Labute approximate surface area is 178 Å².